The lowest BCUT2D eigenvalue weighted by molar-refractivity contribution is 0.668. The number of furan rings is 2. The summed E-state index contributed by atoms with van der Waals surface area (Å²) in [4.78, 5) is 31.0. The minimum absolute atomic E-state index is 0.573. The Labute approximate surface area is 581 Å². The summed E-state index contributed by atoms with van der Waals surface area (Å²) in [6, 6.07) is 111. The van der Waals surface area contributed by atoms with Gasteiger partial charge in [0, 0.05) is 95.3 Å². The van der Waals surface area contributed by atoms with Crippen LogP contribution < -0.4 is 0 Å². The lowest BCUT2D eigenvalue weighted by Crippen LogP contribution is -2.00. The number of fused-ring (bicyclic) bond motifs is 12. The molecule has 0 atom stereocenters. The summed E-state index contributed by atoms with van der Waals surface area (Å²) >= 11 is 3.67. The molecule has 100 heavy (non-hydrogen) atoms. The Morgan fingerprint density at radius 2 is 0.530 bits per heavy atom. The molecule has 20 rings (SSSR count). The normalized spacial score (nSPS) is 11.8. The van der Waals surface area contributed by atoms with Crippen LogP contribution in [0.5, 0.6) is 0 Å². The summed E-state index contributed by atoms with van der Waals surface area (Å²) in [6.07, 6.45) is 0. The molecule has 0 aliphatic rings. The molecule has 6 heterocycles. The van der Waals surface area contributed by atoms with E-state index in [1.54, 1.807) is 0 Å². The van der Waals surface area contributed by atoms with Crippen molar-refractivity contribution in [2.24, 2.45) is 0 Å². The highest BCUT2D eigenvalue weighted by Gasteiger charge is 2.22. The van der Waals surface area contributed by atoms with Crippen molar-refractivity contribution in [1.29, 1.82) is 0 Å². The van der Waals surface area contributed by atoms with E-state index in [4.69, 9.17) is 38.7 Å². The molecule has 0 bridgehead atoms. The van der Waals surface area contributed by atoms with Crippen molar-refractivity contribution in [1.82, 2.24) is 29.9 Å². The highest BCUT2D eigenvalue weighted by Crippen LogP contribution is 2.45. The van der Waals surface area contributed by atoms with Gasteiger partial charge in [0.25, 0.3) is 0 Å². The van der Waals surface area contributed by atoms with Crippen molar-refractivity contribution in [2.45, 2.75) is 0 Å². The fourth-order valence-electron chi connectivity index (χ4n) is 14.3. The van der Waals surface area contributed by atoms with Gasteiger partial charge in [-0.1, -0.05) is 249 Å². The van der Waals surface area contributed by atoms with Crippen molar-refractivity contribution in [3.63, 3.8) is 0 Å². The van der Waals surface area contributed by atoms with E-state index < -0.39 is 0 Å². The van der Waals surface area contributed by atoms with Gasteiger partial charge in [0.1, 0.15) is 22.3 Å². The first-order chi connectivity index (χ1) is 49.5. The number of benzene rings is 14. The quantitative estimate of drug-likeness (QED) is 0.126. The first kappa shape index (κ1) is 57.4. The molecule has 0 saturated heterocycles. The first-order valence-electron chi connectivity index (χ1n) is 33.3. The Balaban J connectivity index is 0.604. The van der Waals surface area contributed by atoms with Gasteiger partial charge in [-0.05, 0) is 122 Å². The summed E-state index contributed by atoms with van der Waals surface area (Å²) in [5.74, 6) is 3.56. The van der Waals surface area contributed by atoms with Crippen molar-refractivity contribution in [3.05, 3.63) is 315 Å². The van der Waals surface area contributed by atoms with Crippen LogP contribution in [0.1, 0.15) is 0 Å². The highest BCUT2D eigenvalue weighted by molar-refractivity contribution is 7.26. The number of hydrogen-bond acceptors (Lipinski definition) is 10. The molecule has 0 saturated carbocycles. The Morgan fingerprint density at radius 3 is 1.12 bits per heavy atom. The second-order valence-electron chi connectivity index (χ2n) is 25.2. The monoisotopic (exact) mass is 1310 g/mol. The predicted octanol–water partition coefficient (Wildman–Crippen LogP) is 24.9. The molecule has 0 N–H and O–H groups in total. The fourth-order valence-corrected chi connectivity index (χ4v) is 16.7. The van der Waals surface area contributed by atoms with Gasteiger partial charge in [0.05, 0.1) is 0 Å². The SMILES string of the molecule is c1ccc(-c2ccc3sc4c(-c5ccc(-c6nc(-c7ccc(-c8cccc(-c9ccc%10sc%11c(-c%12ccc(-c%13nc(-c%14ccccc%14)nc(-c%14ccc%15oc%16ccccc%16c%15c%14)n%13)cc%12)cccc%11c%10c9)c8)cc7)nc(-c7cccc8oc9ccccc9c78)n6)cc5)cccc4c3c2)cc1. The van der Waals surface area contributed by atoms with Crippen LogP contribution in [0.2, 0.25) is 0 Å². The van der Waals surface area contributed by atoms with Crippen LogP contribution in [0, 0.1) is 0 Å². The molecular weight excluding hydrogens is 1260 g/mol. The van der Waals surface area contributed by atoms with Gasteiger partial charge in [-0.2, -0.15) is 0 Å². The van der Waals surface area contributed by atoms with E-state index in [9.17, 15) is 0 Å². The summed E-state index contributed by atoms with van der Waals surface area (Å²) < 4.78 is 17.6. The van der Waals surface area contributed by atoms with Crippen molar-refractivity contribution in [3.8, 4) is 124 Å². The van der Waals surface area contributed by atoms with Gasteiger partial charge in [-0.15, -0.1) is 22.7 Å². The topological polar surface area (TPSA) is 104 Å². The van der Waals surface area contributed by atoms with Crippen LogP contribution in [-0.4, -0.2) is 29.9 Å². The summed E-state index contributed by atoms with van der Waals surface area (Å²) in [5.41, 5.74) is 20.2. The van der Waals surface area contributed by atoms with E-state index in [0.29, 0.717) is 34.9 Å². The minimum atomic E-state index is 0.573. The van der Waals surface area contributed by atoms with Gasteiger partial charge in [0.15, 0.2) is 34.9 Å². The Morgan fingerprint density at radius 1 is 0.190 bits per heavy atom. The van der Waals surface area contributed by atoms with Gasteiger partial charge < -0.3 is 8.83 Å². The zero-order valence-corrected chi connectivity index (χ0v) is 55.0. The van der Waals surface area contributed by atoms with Crippen LogP contribution in [0.3, 0.4) is 0 Å². The number of aromatic nitrogens is 6. The number of nitrogens with zero attached hydrogens (tertiary/aromatic N) is 6. The summed E-state index contributed by atoms with van der Waals surface area (Å²) in [5, 5.41) is 9.04. The largest absolute Gasteiger partial charge is 0.456 e. The van der Waals surface area contributed by atoms with Crippen molar-refractivity contribution in [2.75, 3.05) is 0 Å². The number of rotatable bonds is 11. The van der Waals surface area contributed by atoms with Crippen LogP contribution in [0.25, 0.3) is 208 Å². The molecule has 10 heteroatoms. The van der Waals surface area contributed by atoms with Gasteiger partial charge in [0.2, 0.25) is 0 Å². The van der Waals surface area contributed by atoms with E-state index in [-0.39, 0.29) is 0 Å². The third kappa shape index (κ3) is 9.95. The molecule has 0 fully saturated rings. The Bertz CT molecular complexity index is 6640. The standard InChI is InChI=1S/C90H52N6O2S2/c1-3-15-53(16-4-1)63-44-47-80-74(50-63)69-25-12-23-66(83(69)99-80)56-35-41-60(42-36-56)88-92-87(95-90(96-88)72-27-14-30-79-82(72)71-22-8-10-29-77(71)98-79)58-37-31-54(32-38-58)61-19-11-20-62(49-61)64-45-48-81-75(51-64)70-26-13-24-67(84(70)100-81)55-33-39-59(40-34-55)86-91-85(57-17-5-2-6-18-57)93-89(94-86)65-43-46-78-73(52-65)68-21-7-9-28-76(68)97-78/h1-52H. The maximum atomic E-state index is 6.39. The van der Waals surface area contributed by atoms with Crippen LogP contribution in [0.4, 0.5) is 0 Å². The smallest absolute Gasteiger partial charge is 0.164 e. The number of hydrogen-bond donors (Lipinski definition) is 0. The molecule has 0 radical (unpaired) electrons. The second kappa shape index (κ2) is 23.5. The highest BCUT2D eigenvalue weighted by atomic mass is 32.1. The average molecular weight is 1310 g/mol. The first-order valence-corrected chi connectivity index (χ1v) is 34.9. The molecule has 20 aromatic rings. The van der Waals surface area contributed by atoms with Crippen molar-refractivity contribution >= 4 is 107 Å². The number of para-hydroxylation sites is 2. The molecule has 0 unspecified atom stereocenters. The molecule has 0 aliphatic heterocycles. The van der Waals surface area contributed by atoms with Crippen LogP contribution in [0.15, 0.2) is 324 Å². The van der Waals surface area contributed by atoms with Crippen molar-refractivity contribution < 1.29 is 8.83 Å². The van der Waals surface area contributed by atoms with Gasteiger partial charge in [-0.3, -0.25) is 0 Å². The van der Waals surface area contributed by atoms with Gasteiger partial charge >= 0.3 is 0 Å². The molecule has 0 spiro atoms. The van der Waals surface area contributed by atoms with E-state index in [1.165, 1.54) is 62.6 Å². The summed E-state index contributed by atoms with van der Waals surface area (Å²) in [6.45, 7) is 0. The molecular formula is C90H52N6O2S2. The predicted molar refractivity (Wildman–Crippen MR) is 413 cm³/mol. The van der Waals surface area contributed by atoms with Crippen LogP contribution in [-0.2, 0) is 0 Å². The molecule has 6 aromatic heterocycles. The number of thiophene rings is 2. The minimum Gasteiger partial charge on any atom is -0.456 e. The summed E-state index contributed by atoms with van der Waals surface area (Å²) in [7, 11) is 0. The maximum absolute atomic E-state index is 6.39. The van der Waals surface area contributed by atoms with Crippen LogP contribution >= 0.6 is 22.7 Å². The maximum Gasteiger partial charge on any atom is 0.164 e. The van der Waals surface area contributed by atoms with E-state index >= 15 is 0 Å². The molecule has 8 nitrogen and oxygen atoms in total. The molecule has 466 valence electrons. The molecule has 14 aromatic carbocycles. The molecule has 0 amide bonds. The zero-order valence-electron chi connectivity index (χ0n) is 53.3. The Hall–Kier alpha value is -12.9. The van der Waals surface area contributed by atoms with E-state index in [1.807, 2.05) is 114 Å². The zero-order chi connectivity index (χ0) is 65.8. The van der Waals surface area contributed by atoms with E-state index in [0.717, 1.165) is 111 Å². The third-order valence-corrected chi connectivity index (χ3v) is 21.7. The lowest BCUT2D eigenvalue weighted by Gasteiger charge is -2.11. The fraction of sp³-hybridized carbons (Fsp3) is 0. The average Bonchev–Trinajstić information content (AvgIpc) is 1.49. The molecule has 0 aliphatic carbocycles. The lowest BCUT2D eigenvalue weighted by atomic mass is 9.97. The second-order valence-corrected chi connectivity index (χ2v) is 27.3. The van der Waals surface area contributed by atoms with E-state index in [2.05, 4.69) is 224 Å². The van der Waals surface area contributed by atoms with Gasteiger partial charge in [-0.25, -0.2) is 29.9 Å². The Kier molecular flexibility index (Phi) is 13.5. The third-order valence-electron chi connectivity index (χ3n) is 19.3.